The van der Waals surface area contributed by atoms with Gasteiger partial charge >= 0.3 is 6.18 Å². The summed E-state index contributed by atoms with van der Waals surface area (Å²) < 4.78 is 38.7. The molecule has 0 aliphatic heterocycles. The Morgan fingerprint density at radius 2 is 1.94 bits per heavy atom. The molecule has 0 aromatic carbocycles. The number of nitrogens with zero attached hydrogens (tertiary/aromatic N) is 2. The molecule has 1 fully saturated rings. The molecule has 0 atom stereocenters. The molecular formula is C10H14F3N3. The summed E-state index contributed by atoms with van der Waals surface area (Å²) >= 11 is 0. The zero-order valence-electron chi connectivity index (χ0n) is 9.01. The molecule has 0 radical (unpaired) electrons. The molecule has 1 aromatic rings. The Morgan fingerprint density at radius 3 is 2.38 bits per heavy atom. The van der Waals surface area contributed by atoms with Crippen LogP contribution < -0.4 is 5.73 Å². The van der Waals surface area contributed by atoms with Gasteiger partial charge in [0.2, 0.25) is 0 Å². The van der Waals surface area contributed by atoms with Crippen LogP contribution in [0.5, 0.6) is 0 Å². The molecular weight excluding hydrogens is 219 g/mol. The van der Waals surface area contributed by atoms with E-state index < -0.39 is 17.4 Å². The third-order valence-electron chi connectivity index (χ3n) is 3.18. The number of halogens is 3. The highest BCUT2D eigenvalue weighted by Crippen LogP contribution is 2.38. The summed E-state index contributed by atoms with van der Waals surface area (Å²) in [6.45, 7) is 0. The number of aryl methyl sites for hydroxylation is 1. The van der Waals surface area contributed by atoms with Crippen LogP contribution in [-0.2, 0) is 18.8 Å². The monoisotopic (exact) mass is 233 g/mol. The Labute approximate surface area is 91.4 Å². The molecule has 2 N–H and O–H groups in total. The molecule has 16 heavy (non-hydrogen) atoms. The van der Waals surface area contributed by atoms with Gasteiger partial charge < -0.3 is 5.73 Å². The molecule has 1 aliphatic carbocycles. The summed E-state index contributed by atoms with van der Waals surface area (Å²) in [6.07, 6.45) is -1.02. The van der Waals surface area contributed by atoms with Gasteiger partial charge in [-0.1, -0.05) is 12.8 Å². The van der Waals surface area contributed by atoms with Crippen LogP contribution >= 0.6 is 0 Å². The summed E-state index contributed by atoms with van der Waals surface area (Å²) in [5.74, 6) is 0. The second-order valence-corrected chi connectivity index (χ2v) is 4.40. The predicted octanol–water partition coefficient (Wildman–Crippen LogP) is 2.17. The van der Waals surface area contributed by atoms with Gasteiger partial charge in [-0.2, -0.15) is 18.3 Å². The fraction of sp³-hybridized carbons (Fsp3) is 0.700. The number of alkyl halides is 3. The van der Waals surface area contributed by atoms with Crippen molar-refractivity contribution in [1.82, 2.24) is 9.78 Å². The Hall–Kier alpha value is -1.04. The summed E-state index contributed by atoms with van der Waals surface area (Å²) in [7, 11) is 1.51. The molecule has 0 amide bonds. The Morgan fingerprint density at radius 1 is 1.38 bits per heavy atom. The van der Waals surface area contributed by atoms with E-state index in [1.807, 2.05) is 0 Å². The van der Waals surface area contributed by atoms with Crippen molar-refractivity contribution in [2.75, 3.05) is 0 Å². The van der Waals surface area contributed by atoms with Crippen molar-refractivity contribution < 1.29 is 13.2 Å². The lowest BCUT2D eigenvalue weighted by Gasteiger charge is -2.23. The molecule has 0 spiro atoms. The molecule has 1 saturated carbocycles. The minimum absolute atomic E-state index is 0.484. The second kappa shape index (κ2) is 3.48. The van der Waals surface area contributed by atoms with Crippen LogP contribution in [0.3, 0.4) is 0 Å². The van der Waals surface area contributed by atoms with E-state index in [4.69, 9.17) is 5.73 Å². The van der Waals surface area contributed by atoms with Gasteiger partial charge in [0.25, 0.3) is 0 Å². The average Bonchev–Trinajstić information content (AvgIpc) is 2.71. The Bertz CT molecular complexity index is 389. The van der Waals surface area contributed by atoms with E-state index in [1.165, 1.54) is 11.7 Å². The third kappa shape index (κ3) is 1.81. The molecule has 2 rings (SSSR count). The molecule has 3 nitrogen and oxygen atoms in total. The number of hydrogen-bond donors (Lipinski definition) is 1. The normalized spacial score (nSPS) is 20.3. The molecule has 90 valence electrons. The predicted molar refractivity (Wildman–Crippen MR) is 52.5 cm³/mol. The lowest BCUT2D eigenvalue weighted by molar-refractivity contribution is -0.141. The van der Waals surface area contributed by atoms with Gasteiger partial charge in [0.15, 0.2) is 5.69 Å². The van der Waals surface area contributed by atoms with Crippen molar-refractivity contribution >= 4 is 0 Å². The van der Waals surface area contributed by atoms with Gasteiger partial charge in [0.1, 0.15) is 0 Å². The molecule has 1 heterocycles. The average molecular weight is 233 g/mol. The van der Waals surface area contributed by atoms with Gasteiger partial charge in [-0.25, -0.2) is 0 Å². The van der Waals surface area contributed by atoms with Crippen LogP contribution in [0, 0.1) is 0 Å². The van der Waals surface area contributed by atoms with Crippen molar-refractivity contribution in [2.24, 2.45) is 12.8 Å². The smallest absolute Gasteiger partial charge is 0.320 e. The number of rotatable bonds is 1. The number of nitrogens with two attached hydrogens (primary N) is 1. The van der Waals surface area contributed by atoms with Crippen molar-refractivity contribution in [3.63, 3.8) is 0 Å². The van der Waals surface area contributed by atoms with Gasteiger partial charge in [-0.3, -0.25) is 4.68 Å². The minimum atomic E-state index is -4.40. The first kappa shape index (κ1) is 11.4. The van der Waals surface area contributed by atoms with Crippen LogP contribution in [0.2, 0.25) is 0 Å². The fourth-order valence-corrected chi connectivity index (χ4v) is 2.33. The van der Waals surface area contributed by atoms with E-state index in [9.17, 15) is 13.2 Å². The first-order valence-electron chi connectivity index (χ1n) is 5.23. The molecule has 1 aliphatic rings. The van der Waals surface area contributed by atoms with Crippen LogP contribution in [0.4, 0.5) is 13.2 Å². The van der Waals surface area contributed by atoms with Crippen LogP contribution in [0.25, 0.3) is 0 Å². The lowest BCUT2D eigenvalue weighted by Crippen LogP contribution is -2.35. The lowest BCUT2D eigenvalue weighted by atomic mass is 9.94. The number of hydrogen-bond acceptors (Lipinski definition) is 2. The molecule has 1 aromatic heterocycles. The zero-order valence-corrected chi connectivity index (χ0v) is 9.01. The topological polar surface area (TPSA) is 43.8 Å². The van der Waals surface area contributed by atoms with Gasteiger partial charge in [-0.05, 0) is 18.9 Å². The highest BCUT2D eigenvalue weighted by atomic mass is 19.4. The summed E-state index contributed by atoms with van der Waals surface area (Å²) in [5.41, 5.74) is 5.10. The maximum absolute atomic E-state index is 12.5. The quantitative estimate of drug-likeness (QED) is 0.807. The maximum atomic E-state index is 12.5. The molecule has 6 heteroatoms. The van der Waals surface area contributed by atoms with Crippen molar-refractivity contribution in [2.45, 2.75) is 37.4 Å². The molecule has 0 saturated heterocycles. The van der Waals surface area contributed by atoms with Crippen molar-refractivity contribution in [3.8, 4) is 0 Å². The fourth-order valence-electron chi connectivity index (χ4n) is 2.33. The van der Waals surface area contributed by atoms with E-state index in [1.54, 1.807) is 0 Å². The molecule has 0 unspecified atom stereocenters. The first-order valence-corrected chi connectivity index (χ1v) is 5.23. The third-order valence-corrected chi connectivity index (χ3v) is 3.18. The summed E-state index contributed by atoms with van der Waals surface area (Å²) in [5, 5.41) is 3.48. The zero-order chi connectivity index (χ0) is 12.0. The van der Waals surface area contributed by atoms with Crippen LogP contribution in [0.1, 0.15) is 37.1 Å². The van der Waals surface area contributed by atoms with E-state index in [2.05, 4.69) is 5.10 Å². The number of aromatic nitrogens is 2. The van der Waals surface area contributed by atoms with Crippen LogP contribution in [0.15, 0.2) is 6.07 Å². The van der Waals surface area contributed by atoms with Gasteiger partial charge in [-0.15, -0.1) is 0 Å². The van der Waals surface area contributed by atoms with Gasteiger partial charge in [0.05, 0.1) is 11.2 Å². The Balaban J connectivity index is 2.39. The minimum Gasteiger partial charge on any atom is -0.320 e. The highest BCUT2D eigenvalue weighted by Gasteiger charge is 2.39. The van der Waals surface area contributed by atoms with Crippen LogP contribution in [-0.4, -0.2) is 9.78 Å². The summed E-state index contributed by atoms with van der Waals surface area (Å²) in [4.78, 5) is 0. The first-order chi connectivity index (χ1) is 7.33. The van der Waals surface area contributed by atoms with E-state index in [0.717, 1.165) is 31.7 Å². The Kier molecular flexibility index (Phi) is 2.49. The summed E-state index contributed by atoms with van der Waals surface area (Å²) in [6, 6.07) is 1.07. The van der Waals surface area contributed by atoms with Crippen molar-refractivity contribution in [3.05, 3.63) is 17.5 Å². The highest BCUT2D eigenvalue weighted by molar-refractivity contribution is 5.22. The van der Waals surface area contributed by atoms with Crippen molar-refractivity contribution in [1.29, 1.82) is 0 Å². The SMILES string of the molecule is Cn1nc(C(F)(F)F)cc1C1(N)CCCC1. The second-order valence-electron chi connectivity index (χ2n) is 4.40. The van der Waals surface area contributed by atoms with E-state index >= 15 is 0 Å². The van der Waals surface area contributed by atoms with E-state index in [0.29, 0.717) is 5.69 Å². The maximum Gasteiger partial charge on any atom is 0.435 e. The standard InChI is InChI=1S/C10H14F3N3/c1-16-8(9(14)4-2-3-5-9)6-7(15-16)10(11,12)13/h6H,2-5,14H2,1H3. The van der Waals surface area contributed by atoms with E-state index in [-0.39, 0.29) is 0 Å². The largest absolute Gasteiger partial charge is 0.435 e. The van der Waals surface area contributed by atoms with Gasteiger partial charge in [0, 0.05) is 7.05 Å². The molecule has 0 bridgehead atoms.